The zero-order valence-electron chi connectivity index (χ0n) is 15.2. The van der Waals surface area contributed by atoms with Gasteiger partial charge in [0, 0.05) is 25.4 Å². The number of aromatic nitrogens is 4. The Morgan fingerprint density at radius 2 is 1.84 bits per heavy atom. The molecule has 1 aromatic heterocycles. The summed E-state index contributed by atoms with van der Waals surface area (Å²) in [6.07, 6.45) is 8.34. The maximum atomic E-state index is 4.94. The number of anilines is 1. The molecular weight excluding hydrogens is 310 g/mol. The molecule has 0 atom stereocenters. The maximum Gasteiger partial charge on any atom is 0.224 e. The fraction of sp³-hybridized carbons (Fsp3) is 0.450. The van der Waals surface area contributed by atoms with Gasteiger partial charge in [-0.3, -0.25) is 4.68 Å². The van der Waals surface area contributed by atoms with Gasteiger partial charge >= 0.3 is 0 Å². The van der Waals surface area contributed by atoms with E-state index in [0.717, 1.165) is 23.6 Å². The highest BCUT2D eigenvalue weighted by molar-refractivity contribution is 5.57. The van der Waals surface area contributed by atoms with Crippen LogP contribution >= 0.6 is 0 Å². The second kappa shape index (κ2) is 8.60. The second-order valence-corrected chi connectivity index (χ2v) is 6.61. The molecule has 1 N–H and O–H groups in total. The van der Waals surface area contributed by atoms with Crippen LogP contribution in [0.2, 0.25) is 0 Å². The molecule has 1 saturated carbocycles. The van der Waals surface area contributed by atoms with E-state index in [4.69, 9.17) is 5.10 Å². The molecular formula is C20H27N5. The van der Waals surface area contributed by atoms with Crippen LogP contribution in [-0.4, -0.2) is 26.8 Å². The fourth-order valence-corrected chi connectivity index (χ4v) is 3.32. The van der Waals surface area contributed by atoms with Crippen molar-refractivity contribution in [3.8, 4) is 11.3 Å². The van der Waals surface area contributed by atoms with Gasteiger partial charge in [0.1, 0.15) is 5.82 Å². The molecule has 0 saturated heterocycles. The third kappa shape index (κ3) is 4.78. The molecule has 5 heteroatoms. The Morgan fingerprint density at radius 3 is 2.56 bits per heavy atom. The Bertz CT molecular complexity index is 731. The molecule has 0 amide bonds. The van der Waals surface area contributed by atoms with Gasteiger partial charge in [-0.2, -0.15) is 10.1 Å². The Morgan fingerprint density at radius 1 is 1.08 bits per heavy atom. The Balaban J connectivity index is 2.07. The van der Waals surface area contributed by atoms with Crippen LogP contribution in [0.4, 0.5) is 5.95 Å². The lowest BCUT2D eigenvalue weighted by Gasteiger charge is -2.22. The van der Waals surface area contributed by atoms with Gasteiger partial charge < -0.3 is 5.32 Å². The maximum absolute atomic E-state index is 4.94. The van der Waals surface area contributed by atoms with Gasteiger partial charge in [-0.05, 0) is 31.7 Å². The quantitative estimate of drug-likeness (QED) is 0.898. The zero-order chi connectivity index (χ0) is 17.5. The summed E-state index contributed by atoms with van der Waals surface area (Å²) in [5.41, 5.74) is 2.00. The summed E-state index contributed by atoms with van der Waals surface area (Å²) in [7, 11) is 1.84. The minimum Gasteiger partial charge on any atom is -0.357 e. The number of nitrogens with zero attached hydrogens (tertiary/aromatic N) is 4. The van der Waals surface area contributed by atoms with Crippen molar-refractivity contribution in [3.05, 3.63) is 48.4 Å². The first-order valence-electron chi connectivity index (χ1n) is 9.15. The first kappa shape index (κ1) is 17.4. The van der Waals surface area contributed by atoms with Crippen molar-refractivity contribution in [2.75, 3.05) is 12.4 Å². The molecule has 2 aromatic rings. The van der Waals surface area contributed by atoms with E-state index in [1.54, 1.807) is 6.20 Å². The van der Waals surface area contributed by atoms with Crippen LogP contribution in [0.5, 0.6) is 0 Å². The number of aryl methyl sites for hydroxylation is 1. The van der Waals surface area contributed by atoms with Gasteiger partial charge in [0.15, 0.2) is 0 Å². The lowest BCUT2D eigenvalue weighted by Crippen LogP contribution is -2.18. The first-order chi connectivity index (χ1) is 12.3. The second-order valence-electron chi connectivity index (χ2n) is 6.61. The van der Waals surface area contributed by atoms with Gasteiger partial charge in [0.25, 0.3) is 0 Å². The molecule has 132 valence electrons. The Kier molecular flexibility index (Phi) is 5.99. The molecule has 1 heterocycles. The van der Waals surface area contributed by atoms with Gasteiger partial charge in [0.2, 0.25) is 5.95 Å². The summed E-state index contributed by atoms with van der Waals surface area (Å²) < 4.78 is 2.06. The molecule has 3 rings (SSSR count). The third-order valence-corrected chi connectivity index (χ3v) is 4.75. The smallest absolute Gasteiger partial charge is 0.224 e. The number of hydrogen-bond donors (Lipinski definition) is 1. The summed E-state index contributed by atoms with van der Waals surface area (Å²) in [4.78, 5) is 9.01. The molecule has 0 radical (unpaired) electrons. The van der Waals surface area contributed by atoms with Crippen LogP contribution in [0.3, 0.4) is 0 Å². The number of benzene rings is 1. The highest BCUT2D eigenvalue weighted by Crippen LogP contribution is 2.25. The molecule has 0 bridgehead atoms. The van der Waals surface area contributed by atoms with Gasteiger partial charge in [-0.25, -0.2) is 4.98 Å². The fourth-order valence-electron chi connectivity index (χ4n) is 3.32. The Labute approximate surface area is 149 Å². The standard InChI is InChI=1S/C20H27N5/c1-16-23-20(21-2)22-14-13-19(18-11-7-4-8-12-18)24-25(16)15-17-9-5-3-6-10-17/h4,7-8,11-14,17H,3,5-6,9-10,15H2,1-2H3,(H,21,22). The van der Waals surface area contributed by atoms with Crippen LogP contribution in [-0.2, 0) is 6.54 Å². The molecule has 0 unspecified atom stereocenters. The zero-order valence-corrected chi connectivity index (χ0v) is 15.2. The van der Waals surface area contributed by atoms with Crippen molar-refractivity contribution < 1.29 is 0 Å². The van der Waals surface area contributed by atoms with E-state index in [1.807, 2.05) is 38.2 Å². The topological polar surface area (TPSA) is 55.6 Å². The number of hydrogen-bond acceptors (Lipinski definition) is 4. The van der Waals surface area contributed by atoms with Crippen molar-refractivity contribution in [3.63, 3.8) is 0 Å². The molecule has 5 nitrogen and oxygen atoms in total. The highest BCUT2D eigenvalue weighted by atomic mass is 15.3. The van der Waals surface area contributed by atoms with Gasteiger partial charge in [0.05, 0.1) is 5.69 Å². The van der Waals surface area contributed by atoms with Crippen molar-refractivity contribution in [1.29, 1.82) is 0 Å². The van der Waals surface area contributed by atoms with E-state index in [-0.39, 0.29) is 0 Å². The first-order valence-corrected chi connectivity index (χ1v) is 9.15. The Hall–Kier alpha value is -2.43. The predicted molar refractivity (Wildman–Crippen MR) is 102 cm³/mol. The van der Waals surface area contributed by atoms with E-state index in [9.17, 15) is 0 Å². The van der Waals surface area contributed by atoms with Crippen molar-refractivity contribution in [2.24, 2.45) is 5.92 Å². The molecule has 1 fully saturated rings. The lowest BCUT2D eigenvalue weighted by molar-refractivity contribution is 0.303. The molecule has 1 aliphatic rings. The minimum atomic E-state index is 0.604. The van der Waals surface area contributed by atoms with E-state index in [2.05, 4.69) is 32.1 Å². The van der Waals surface area contributed by atoms with Crippen molar-refractivity contribution in [2.45, 2.75) is 45.6 Å². The SMILES string of the molecule is CNc1nccc(-c2ccccc2)nn(CC2CCCCC2)c(C)n1. The molecule has 1 aromatic carbocycles. The highest BCUT2D eigenvalue weighted by Gasteiger charge is 2.15. The minimum absolute atomic E-state index is 0.604. The lowest BCUT2D eigenvalue weighted by atomic mass is 9.89. The average Bonchev–Trinajstić information content (AvgIpc) is 2.73. The third-order valence-electron chi connectivity index (χ3n) is 4.75. The van der Waals surface area contributed by atoms with E-state index in [0.29, 0.717) is 11.9 Å². The van der Waals surface area contributed by atoms with Crippen LogP contribution in [0.15, 0.2) is 42.6 Å². The van der Waals surface area contributed by atoms with Gasteiger partial charge in [-0.15, -0.1) is 0 Å². The molecule has 0 aliphatic heterocycles. The number of nitrogens with one attached hydrogen (secondary N) is 1. The normalized spacial score (nSPS) is 14.8. The summed E-state index contributed by atoms with van der Waals surface area (Å²) >= 11 is 0. The predicted octanol–water partition coefficient (Wildman–Crippen LogP) is 4.39. The summed E-state index contributed by atoms with van der Waals surface area (Å²) in [6.45, 7) is 2.92. The van der Waals surface area contributed by atoms with E-state index < -0.39 is 0 Å². The van der Waals surface area contributed by atoms with Crippen molar-refractivity contribution in [1.82, 2.24) is 19.7 Å². The summed E-state index contributed by atoms with van der Waals surface area (Å²) in [6, 6.07) is 12.2. The van der Waals surface area contributed by atoms with E-state index in [1.165, 1.54) is 32.1 Å². The largest absolute Gasteiger partial charge is 0.357 e. The van der Waals surface area contributed by atoms with Gasteiger partial charge in [-0.1, -0.05) is 49.6 Å². The van der Waals surface area contributed by atoms with Crippen LogP contribution in [0.1, 0.15) is 37.9 Å². The van der Waals surface area contributed by atoms with Crippen LogP contribution in [0, 0.1) is 12.8 Å². The summed E-state index contributed by atoms with van der Waals surface area (Å²) in [5.74, 6) is 2.15. The molecule has 25 heavy (non-hydrogen) atoms. The molecule has 0 spiro atoms. The van der Waals surface area contributed by atoms with Crippen LogP contribution < -0.4 is 5.32 Å². The average molecular weight is 337 g/mol. The van der Waals surface area contributed by atoms with E-state index >= 15 is 0 Å². The van der Waals surface area contributed by atoms with Crippen molar-refractivity contribution >= 4 is 5.95 Å². The molecule has 1 aliphatic carbocycles. The summed E-state index contributed by atoms with van der Waals surface area (Å²) in [5, 5.41) is 7.98. The monoisotopic (exact) mass is 337 g/mol. The van der Waals surface area contributed by atoms with Crippen LogP contribution in [0.25, 0.3) is 11.3 Å². The number of rotatable bonds is 4.